The van der Waals surface area contributed by atoms with Crippen molar-refractivity contribution in [3.8, 4) is 17.1 Å². The Morgan fingerprint density at radius 1 is 1.03 bits per heavy atom. The molecule has 148 valence electrons. The van der Waals surface area contributed by atoms with Gasteiger partial charge in [-0.25, -0.2) is 4.98 Å². The van der Waals surface area contributed by atoms with Crippen LogP contribution in [0.2, 0.25) is 0 Å². The maximum Gasteiger partial charge on any atom is 0.171 e. The molecule has 0 bridgehead atoms. The van der Waals surface area contributed by atoms with Crippen molar-refractivity contribution in [3.63, 3.8) is 0 Å². The Labute approximate surface area is 168 Å². The molecular formula is C22H23N5O2. The van der Waals surface area contributed by atoms with Gasteiger partial charge in [-0.15, -0.1) is 10.2 Å². The Morgan fingerprint density at radius 3 is 2.66 bits per heavy atom. The standard InChI is InChI=1S/C22H23N5O2/c1-16(26-10-12-28-13-11-26)14-29-18-8-6-17(7-9-18)21-24-25-22-19-4-2-3-5-20(19)23-15-27(21)22/h2-9,15-16H,10-14H2,1H3. The van der Waals surface area contributed by atoms with E-state index >= 15 is 0 Å². The monoisotopic (exact) mass is 389 g/mol. The molecule has 1 aliphatic heterocycles. The number of hydrogen-bond donors (Lipinski definition) is 0. The summed E-state index contributed by atoms with van der Waals surface area (Å²) in [6, 6.07) is 16.3. The van der Waals surface area contributed by atoms with E-state index in [0.29, 0.717) is 12.6 Å². The van der Waals surface area contributed by atoms with Crippen LogP contribution in [0.5, 0.6) is 5.75 Å². The number of benzene rings is 2. The van der Waals surface area contributed by atoms with Gasteiger partial charge in [0.15, 0.2) is 11.5 Å². The van der Waals surface area contributed by atoms with E-state index in [0.717, 1.165) is 60.0 Å². The second kappa shape index (κ2) is 7.77. The first kappa shape index (κ1) is 18.0. The zero-order valence-electron chi connectivity index (χ0n) is 16.4. The van der Waals surface area contributed by atoms with Crippen LogP contribution in [-0.4, -0.2) is 63.4 Å². The quantitative estimate of drug-likeness (QED) is 0.523. The highest BCUT2D eigenvalue weighted by molar-refractivity contribution is 5.91. The molecule has 0 amide bonds. The zero-order valence-corrected chi connectivity index (χ0v) is 16.4. The zero-order chi connectivity index (χ0) is 19.6. The summed E-state index contributed by atoms with van der Waals surface area (Å²) in [7, 11) is 0. The third kappa shape index (κ3) is 3.54. The Morgan fingerprint density at radius 2 is 1.83 bits per heavy atom. The van der Waals surface area contributed by atoms with Crippen LogP contribution in [0.25, 0.3) is 27.9 Å². The first-order valence-corrected chi connectivity index (χ1v) is 9.93. The number of rotatable bonds is 5. The van der Waals surface area contributed by atoms with Gasteiger partial charge in [-0.05, 0) is 43.3 Å². The molecule has 4 aromatic rings. The van der Waals surface area contributed by atoms with E-state index in [2.05, 4.69) is 27.0 Å². The molecule has 1 saturated heterocycles. The minimum absolute atomic E-state index is 0.360. The van der Waals surface area contributed by atoms with Gasteiger partial charge >= 0.3 is 0 Å². The number of hydrogen-bond acceptors (Lipinski definition) is 6. The van der Waals surface area contributed by atoms with Crippen LogP contribution in [0.3, 0.4) is 0 Å². The van der Waals surface area contributed by atoms with Crippen LogP contribution in [0.15, 0.2) is 54.9 Å². The van der Waals surface area contributed by atoms with Gasteiger partial charge in [0.1, 0.15) is 18.7 Å². The molecule has 29 heavy (non-hydrogen) atoms. The maximum absolute atomic E-state index is 6.00. The molecule has 5 rings (SSSR count). The number of ether oxygens (including phenoxy) is 2. The number of fused-ring (bicyclic) bond motifs is 3. The molecule has 1 atom stereocenters. The molecule has 1 unspecified atom stereocenters. The number of nitrogens with zero attached hydrogens (tertiary/aromatic N) is 5. The lowest BCUT2D eigenvalue weighted by Crippen LogP contribution is -2.44. The second-order valence-corrected chi connectivity index (χ2v) is 7.31. The molecule has 3 heterocycles. The SMILES string of the molecule is CC(COc1ccc(-c2nnc3c4ccccc4ncn23)cc1)N1CCOCC1. The fourth-order valence-corrected chi connectivity index (χ4v) is 3.72. The van der Waals surface area contributed by atoms with Gasteiger partial charge in [0.05, 0.1) is 18.7 Å². The summed E-state index contributed by atoms with van der Waals surface area (Å²) in [6.07, 6.45) is 1.78. The van der Waals surface area contributed by atoms with Crippen LogP contribution >= 0.6 is 0 Å². The highest BCUT2D eigenvalue weighted by atomic mass is 16.5. The summed E-state index contributed by atoms with van der Waals surface area (Å²) in [4.78, 5) is 6.92. The van der Waals surface area contributed by atoms with Crippen molar-refractivity contribution in [1.29, 1.82) is 0 Å². The Kier molecular flexibility index (Phi) is 4.83. The van der Waals surface area contributed by atoms with Crippen molar-refractivity contribution >= 4 is 16.6 Å². The smallest absolute Gasteiger partial charge is 0.171 e. The summed E-state index contributed by atoms with van der Waals surface area (Å²) < 4.78 is 13.3. The van der Waals surface area contributed by atoms with Crippen molar-refractivity contribution < 1.29 is 9.47 Å². The van der Waals surface area contributed by atoms with E-state index in [1.807, 2.05) is 52.9 Å². The van der Waals surface area contributed by atoms with Crippen molar-refractivity contribution in [2.45, 2.75) is 13.0 Å². The predicted molar refractivity (Wildman–Crippen MR) is 111 cm³/mol. The molecule has 0 N–H and O–H groups in total. The molecule has 1 fully saturated rings. The van der Waals surface area contributed by atoms with Crippen molar-refractivity contribution in [1.82, 2.24) is 24.5 Å². The lowest BCUT2D eigenvalue weighted by atomic mass is 10.2. The summed E-state index contributed by atoms with van der Waals surface area (Å²) in [5.41, 5.74) is 2.70. The van der Waals surface area contributed by atoms with Gasteiger partial charge in [0.2, 0.25) is 0 Å². The van der Waals surface area contributed by atoms with Crippen LogP contribution < -0.4 is 4.74 Å². The summed E-state index contributed by atoms with van der Waals surface area (Å²) in [6.45, 7) is 6.38. The molecule has 0 aliphatic carbocycles. The highest BCUT2D eigenvalue weighted by Crippen LogP contribution is 2.24. The molecule has 7 heteroatoms. The van der Waals surface area contributed by atoms with E-state index < -0.39 is 0 Å². The van der Waals surface area contributed by atoms with Gasteiger partial charge in [-0.3, -0.25) is 9.30 Å². The van der Waals surface area contributed by atoms with Crippen LogP contribution in [0.1, 0.15) is 6.92 Å². The first-order chi connectivity index (χ1) is 14.3. The Balaban J connectivity index is 1.33. The lowest BCUT2D eigenvalue weighted by molar-refractivity contribution is 0.0105. The Bertz CT molecular complexity index is 1120. The summed E-state index contributed by atoms with van der Waals surface area (Å²) >= 11 is 0. The summed E-state index contributed by atoms with van der Waals surface area (Å²) in [5.74, 6) is 1.62. The van der Waals surface area contributed by atoms with Crippen LogP contribution in [0.4, 0.5) is 0 Å². The van der Waals surface area contributed by atoms with Crippen molar-refractivity contribution in [2.75, 3.05) is 32.9 Å². The lowest BCUT2D eigenvalue weighted by Gasteiger charge is -2.32. The fraction of sp³-hybridized carbons (Fsp3) is 0.318. The molecule has 0 saturated carbocycles. The Hall–Kier alpha value is -3.03. The first-order valence-electron chi connectivity index (χ1n) is 9.93. The van der Waals surface area contributed by atoms with Crippen LogP contribution in [-0.2, 0) is 4.74 Å². The minimum Gasteiger partial charge on any atom is -0.492 e. The maximum atomic E-state index is 6.00. The van der Waals surface area contributed by atoms with Gasteiger partial charge in [-0.2, -0.15) is 0 Å². The third-order valence-corrected chi connectivity index (χ3v) is 5.43. The average molecular weight is 389 g/mol. The van der Waals surface area contributed by atoms with E-state index in [1.165, 1.54) is 0 Å². The van der Waals surface area contributed by atoms with Crippen LogP contribution in [0, 0.1) is 0 Å². The molecule has 2 aromatic heterocycles. The fourth-order valence-electron chi connectivity index (χ4n) is 3.72. The van der Waals surface area contributed by atoms with Crippen molar-refractivity contribution in [3.05, 3.63) is 54.9 Å². The number of morpholine rings is 1. The number of aromatic nitrogens is 4. The van der Waals surface area contributed by atoms with Gasteiger partial charge < -0.3 is 9.47 Å². The van der Waals surface area contributed by atoms with E-state index in [-0.39, 0.29) is 0 Å². The van der Waals surface area contributed by atoms with E-state index in [9.17, 15) is 0 Å². The van der Waals surface area contributed by atoms with Gasteiger partial charge in [-0.1, -0.05) is 12.1 Å². The third-order valence-electron chi connectivity index (χ3n) is 5.43. The molecule has 0 spiro atoms. The molecular weight excluding hydrogens is 366 g/mol. The van der Waals surface area contributed by atoms with E-state index in [4.69, 9.17) is 9.47 Å². The number of para-hydroxylation sites is 1. The van der Waals surface area contributed by atoms with Crippen molar-refractivity contribution in [2.24, 2.45) is 0 Å². The predicted octanol–water partition coefficient (Wildman–Crippen LogP) is 3.04. The molecule has 7 nitrogen and oxygen atoms in total. The van der Waals surface area contributed by atoms with Gasteiger partial charge in [0, 0.05) is 30.1 Å². The minimum atomic E-state index is 0.360. The normalized spacial score (nSPS) is 16.3. The largest absolute Gasteiger partial charge is 0.492 e. The van der Waals surface area contributed by atoms with E-state index in [1.54, 1.807) is 6.33 Å². The second-order valence-electron chi connectivity index (χ2n) is 7.31. The summed E-state index contributed by atoms with van der Waals surface area (Å²) in [5, 5.41) is 9.77. The topological polar surface area (TPSA) is 64.8 Å². The highest BCUT2D eigenvalue weighted by Gasteiger charge is 2.17. The molecule has 0 radical (unpaired) electrons. The molecule has 1 aliphatic rings. The molecule has 2 aromatic carbocycles. The average Bonchev–Trinajstić information content (AvgIpc) is 3.23. The van der Waals surface area contributed by atoms with Gasteiger partial charge in [0.25, 0.3) is 0 Å².